The fourth-order valence-electron chi connectivity index (χ4n) is 2.54. The summed E-state index contributed by atoms with van der Waals surface area (Å²) in [6, 6.07) is 17.1. The highest BCUT2D eigenvalue weighted by Crippen LogP contribution is 2.10. The van der Waals surface area contributed by atoms with E-state index in [9.17, 15) is 0 Å². The predicted molar refractivity (Wildman–Crippen MR) is 105 cm³/mol. The van der Waals surface area contributed by atoms with E-state index in [1.54, 1.807) is 0 Å². The smallest absolute Gasteiger partial charge is 0.0249 e. The third-order valence-corrected chi connectivity index (χ3v) is 4.02. The quantitative estimate of drug-likeness (QED) is 0.313. The molecule has 24 heavy (non-hydrogen) atoms. The molecule has 0 radical (unpaired) electrons. The lowest BCUT2D eigenvalue weighted by Gasteiger charge is -2.00. The lowest BCUT2D eigenvalue weighted by atomic mass is 10.0. The van der Waals surface area contributed by atoms with Crippen LogP contribution in [0.3, 0.4) is 0 Å². The maximum Gasteiger partial charge on any atom is 0.0249 e. The van der Waals surface area contributed by atoms with Crippen LogP contribution in [0.1, 0.15) is 47.9 Å². The van der Waals surface area contributed by atoms with Crippen LogP contribution in [-0.4, -0.2) is 0 Å². The van der Waals surface area contributed by atoms with Gasteiger partial charge in [-0.15, -0.1) is 13.2 Å². The topological polar surface area (TPSA) is 0 Å². The van der Waals surface area contributed by atoms with E-state index in [2.05, 4.69) is 73.5 Å². The van der Waals surface area contributed by atoms with Crippen molar-refractivity contribution in [2.45, 2.75) is 38.5 Å². The van der Waals surface area contributed by atoms with E-state index >= 15 is 0 Å². The summed E-state index contributed by atoms with van der Waals surface area (Å²) >= 11 is 0. The van der Waals surface area contributed by atoms with E-state index in [0.717, 1.165) is 36.8 Å². The number of rotatable bonds is 8. The Balaban J connectivity index is 1.90. The van der Waals surface area contributed by atoms with Crippen molar-refractivity contribution in [3.63, 3.8) is 0 Å². The molecule has 0 amide bonds. The molecule has 2 aromatic rings. The number of allylic oxidation sites excluding steroid dienone is 2. The number of hydrogen-bond donors (Lipinski definition) is 0. The van der Waals surface area contributed by atoms with Gasteiger partial charge in [0.1, 0.15) is 0 Å². The Kier molecular flexibility index (Phi) is 7.64. The van der Waals surface area contributed by atoms with Gasteiger partial charge in [0, 0.05) is 11.1 Å². The molecule has 2 aromatic carbocycles. The summed E-state index contributed by atoms with van der Waals surface area (Å²) in [6.45, 7) is 7.52. The minimum absolute atomic E-state index is 1.02. The van der Waals surface area contributed by atoms with Gasteiger partial charge in [-0.1, -0.05) is 48.3 Å². The van der Waals surface area contributed by atoms with Crippen molar-refractivity contribution in [1.82, 2.24) is 0 Å². The number of hydrogen-bond acceptors (Lipinski definition) is 0. The Labute approximate surface area is 146 Å². The monoisotopic (exact) mass is 314 g/mol. The van der Waals surface area contributed by atoms with Gasteiger partial charge in [-0.2, -0.15) is 0 Å². The largest absolute Gasteiger partial charge is 0.103 e. The molecule has 0 fully saturated rings. The number of aryl methyl sites for hydroxylation is 2. The van der Waals surface area contributed by atoms with Gasteiger partial charge in [0.2, 0.25) is 0 Å². The zero-order valence-electron chi connectivity index (χ0n) is 14.4. The molecule has 0 heterocycles. The van der Waals surface area contributed by atoms with E-state index in [-0.39, 0.29) is 0 Å². The van der Waals surface area contributed by atoms with Crippen molar-refractivity contribution >= 4 is 0 Å². The molecule has 0 heteroatoms. The lowest BCUT2D eigenvalue weighted by molar-refractivity contribution is 0.748. The average molecular weight is 314 g/mol. The number of benzene rings is 2. The standard InChI is InChI=1S/C24H26/c1-3-5-7-8-10-22-13-17-24(18-14-22)20-19-23-15-11-21(12-16-23)9-6-4-2/h3-4,11-18H,1-2,5-10H2. The van der Waals surface area contributed by atoms with Gasteiger partial charge in [0.15, 0.2) is 0 Å². The van der Waals surface area contributed by atoms with E-state index in [1.165, 1.54) is 24.0 Å². The summed E-state index contributed by atoms with van der Waals surface area (Å²) in [5.41, 5.74) is 4.85. The van der Waals surface area contributed by atoms with Gasteiger partial charge in [-0.3, -0.25) is 0 Å². The maximum absolute atomic E-state index is 3.76. The lowest BCUT2D eigenvalue weighted by Crippen LogP contribution is -1.86. The summed E-state index contributed by atoms with van der Waals surface area (Å²) in [5.74, 6) is 6.49. The first kappa shape index (κ1) is 17.8. The Hall–Kier alpha value is -2.52. The molecule has 0 aliphatic heterocycles. The van der Waals surface area contributed by atoms with Gasteiger partial charge in [0.05, 0.1) is 0 Å². The van der Waals surface area contributed by atoms with Gasteiger partial charge < -0.3 is 0 Å². The van der Waals surface area contributed by atoms with Gasteiger partial charge >= 0.3 is 0 Å². The third-order valence-electron chi connectivity index (χ3n) is 4.02. The fourth-order valence-corrected chi connectivity index (χ4v) is 2.54. The molecule has 0 aliphatic carbocycles. The van der Waals surface area contributed by atoms with Crippen LogP contribution in [0.25, 0.3) is 0 Å². The molecule has 0 atom stereocenters. The van der Waals surface area contributed by atoms with Crippen LogP contribution in [0, 0.1) is 11.8 Å². The summed E-state index contributed by atoms with van der Waals surface area (Å²) in [5, 5.41) is 0. The summed E-state index contributed by atoms with van der Waals surface area (Å²) in [6.07, 6.45) is 10.7. The first-order valence-electron chi connectivity index (χ1n) is 8.73. The van der Waals surface area contributed by atoms with Crippen molar-refractivity contribution in [2.75, 3.05) is 0 Å². The van der Waals surface area contributed by atoms with Crippen molar-refractivity contribution in [2.24, 2.45) is 0 Å². The van der Waals surface area contributed by atoms with Crippen molar-refractivity contribution in [1.29, 1.82) is 0 Å². The van der Waals surface area contributed by atoms with Crippen LogP contribution in [0.5, 0.6) is 0 Å². The second kappa shape index (κ2) is 10.3. The third kappa shape index (κ3) is 6.31. The molecule has 0 bridgehead atoms. The zero-order valence-corrected chi connectivity index (χ0v) is 14.4. The van der Waals surface area contributed by atoms with E-state index in [0.29, 0.717) is 0 Å². The zero-order chi connectivity index (χ0) is 17.0. The molecule has 122 valence electrons. The van der Waals surface area contributed by atoms with Crippen LogP contribution in [0.4, 0.5) is 0 Å². The molecule has 0 unspecified atom stereocenters. The predicted octanol–water partition coefficient (Wildman–Crippen LogP) is 6.10. The summed E-state index contributed by atoms with van der Waals surface area (Å²) in [4.78, 5) is 0. The minimum Gasteiger partial charge on any atom is -0.103 e. The summed E-state index contributed by atoms with van der Waals surface area (Å²) < 4.78 is 0. The van der Waals surface area contributed by atoms with Gasteiger partial charge in [0.25, 0.3) is 0 Å². The summed E-state index contributed by atoms with van der Waals surface area (Å²) in [7, 11) is 0. The maximum atomic E-state index is 3.76. The second-order valence-corrected chi connectivity index (χ2v) is 6.01. The SMILES string of the molecule is C=CCCCCc1ccc(C#Cc2ccc(CCC=C)cc2)cc1. The molecular weight excluding hydrogens is 288 g/mol. The van der Waals surface area contributed by atoms with Crippen LogP contribution >= 0.6 is 0 Å². The molecule has 0 nitrogen and oxygen atoms in total. The molecule has 0 saturated heterocycles. The van der Waals surface area contributed by atoms with Crippen LogP contribution in [0.2, 0.25) is 0 Å². The second-order valence-electron chi connectivity index (χ2n) is 6.01. The molecule has 0 spiro atoms. The van der Waals surface area contributed by atoms with Crippen LogP contribution < -0.4 is 0 Å². The first-order chi connectivity index (χ1) is 11.8. The van der Waals surface area contributed by atoms with E-state index in [4.69, 9.17) is 0 Å². The molecule has 0 aromatic heterocycles. The van der Waals surface area contributed by atoms with Crippen molar-refractivity contribution < 1.29 is 0 Å². The molecule has 0 N–H and O–H groups in total. The number of unbranched alkanes of at least 4 members (excludes halogenated alkanes) is 2. The highest BCUT2D eigenvalue weighted by atomic mass is 14.0. The highest BCUT2D eigenvalue weighted by Gasteiger charge is 1.94. The van der Waals surface area contributed by atoms with E-state index < -0.39 is 0 Å². The Morgan fingerprint density at radius 1 is 0.625 bits per heavy atom. The minimum atomic E-state index is 1.02. The Bertz CT molecular complexity index is 690. The van der Waals surface area contributed by atoms with Crippen LogP contribution in [0.15, 0.2) is 73.8 Å². The van der Waals surface area contributed by atoms with Gasteiger partial charge in [-0.05, 0) is 73.9 Å². The molecule has 0 saturated carbocycles. The van der Waals surface area contributed by atoms with E-state index in [1.807, 2.05) is 12.2 Å². The molecular formula is C24H26. The van der Waals surface area contributed by atoms with Crippen molar-refractivity contribution in [3.05, 3.63) is 96.1 Å². The normalized spacial score (nSPS) is 9.83. The molecule has 2 rings (SSSR count). The van der Waals surface area contributed by atoms with Crippen LogP contribution in [-0.2, 0) is 12.8 Å². The Morgan fingerprint density at radius 3 is 1.62 bits per heavy atom. The molecule has 0 aliphatic rings. The van der Waals surface area contributed by atoms with Crippen molar-refractivity contribution in [3.8, 4) is 11.8 Å². The average Bonchev–Trinajstić information content (AvgIpc) is 2.64. The first-order valence-corrected chi connectivity index (χ1v) is 8.73. The Morgan fingerprint density at radius 2 is 1.12 bits per heavy atom. The highest BCUT2D eigenvalue weighted by molar-refractivity contribution is 5.44. The van der Waals surface area contributed by atoms with Gasteiger partial charge in [-0.25, -0.2) is 0 Å². The fraction of sp³-hybridized carbons (Fsp3) is 0.250.